The maximum absolute atomic E-state index is 13.3. The van der Waals surface area contributed by atoms with Crippen molar-refractivity contribution in [1.29, 1.82) is 0 Å². The number of nitrogens with zero attached hydrogens (tertiary/aromatic N) is 3. The molecule has 9 heteroatoms. The minimum absolute atomic E-state index is 0.163. The Kier molecular flexibility index (Phi) is 4.89. The van der Waals surface area contributed by atoms with Gasteiger partial charge in [0.1, 0.15) is 11.4 Å². The van der Waals surface area contributed by atoms with Crippen LogP contribution < -0.4 is 5.32 Å². The number of nitrogens with one attached hydrogen (secondary N) is 1. The normalized spacial score (nSPS) is 12.7. The molecule has 0 spiro atoms. The number of hydrogen-bond acceptors (Lipinski definition) is 6. The van der Waals surface area contributed by atoms with Crippen molar-refractivity contribution in [1.82, 2.24) is 14.5 Å². The molecule has 3 aromatic heterocycles. The molecule has 1 aromatic carbocycles. The summed E-state index contributed by atoms with van der Waals surface area (Å²) >= 11 is 0. The molecule has 29 heavy (non-hydrogen) atoms. The van der Waals surface area contributed by atoms with Crippen molar-refractivity contribution in [3.8, 4) is 0 Å². The molecule has 4 rings (SSSR count). The molecule has 0 radical (unpaired) electrons. The van der Waals surface area contributed by atoms with Crippen LogP contribution in [-0.4, -0.2) is 28.9 Å². The van der Waals surface area contributed by atoms with Gasteiger partial charge in [-0.25, -0.2) is 13.4 Å². The van der Waals surface area contributed by atoms with Gasteiger partial charge >= 0.3 is 0 Å². The minimum Gasteiger partial charge on any atom is -0.360 e. The Balaban J connectivity index is 1.68. The van der Waals surface area contributed by atoms with Gasteiger partial charge in [0.05, 0.1) is 11.4 Å². The standard InChI is InChI=1S/C20H18N4O4S/c1-14-11-17(23-28-14)22-20(25)19(15-7-3-2-4-8-15)29(26,27)13-16-12-24-10-6-5-9-18(24)21-16/h2-12,19H,13H2,1H3,(H,22,23,25). The number of sulfone groups is 1. The third-order valence-electron chi connectivity index (χ3n) is 4.34. The van der Waals surface area contributed by atoms with Gasteiger partial charge in [0.25, 0.3) is 0 Å². The minimum atomic E-state index is -3.93. The summed E-state index contributed by atoms with van der Waals surface area (Å²) in [6.45, 7) is 1.68. The highest BCUT2D eigenvalue weighted by molar-refractivity contribution is 7.91. The summed E-state index contributed by atoms with van der Waals surface area (Å²) in [7, 11) is -3.93. The number of amides is 1. The lowest BCUT2D eigenvalue weighted by atomic mass is 10.1. The molecule has 0 bridgehead atoms. The molecule has 1 unspecified atom stereocenters. The molecule has 3 heterocycles. The Hall–Kier alpha value is -3.46. The van der Waals surface area contributed by atoms with E-state index in [2.05, 4.69) is 15.5 Å². The molecule has 1 N–H and O–H groups in total. The van der Waals surface area contributed by atoms with Crippen LogP contribution in [0, 0.1) is 6.92 Å². The number of benzene rings is 1. The fraction of sp³-hybridized carbons (Fsp3) is 0.150. The summed E-state index contributed by atoms with van der Waals surface area (Å²) in [6, 6.07) is 15.3. The van der Waals surface area contributed by atoms with Crippen molar-refractivity contribution in [3.63, 3.8) is 0 Å². The van der Waals surface area contributed by atoms with Crippen LogP contribution in [0.3, 0.4) is 0 Å². The zero-order chi connectivity index (χ0) is 20.4. The van der Waals surface area contributed by atoms with Crippen LogP contribution in [0.15, 0.2) is 71.5 Å². The van der Waals surface area contributed by atoms with Crippen LogP contribution in [0.1, 0.15) is 22.3 Å². The summed E-state index contributed by atoms with van der Waals surface area (Å²) in [5.74, 6) is -0.409. The summed E-state index contributed by atoms with van der Waals surface area (Å²) in [4.78, 5) is 17.3. The smallest absolute Gasteiger partial charge is 0.248 e. The van der Waals surface area contributed by atoms with E-state index in [0.717, 1.165) is 0 Å². The van der Waals surface area contributed by atoms with Gasteiger partial charge in [-0.15, -0.1) is 0 Å². The number of carbonyl (C=O) groups is 1. The number of pyridine rings is 1. The molecular weight excluding hydrogens is 392 g/mol. The van der Waals surface area contributed by atoms with Gasteiger partial charge in [-0.1, -0.05) is 41.6 Å². The van der Waals surface area contributed by atoms with E-state index in [4.69, 9.17) is 4.52 Å². The fourth-order valence-corrected chi connectivity index (χ4v) is 4.79. The zero-order valence-electron chi connectivity index (χ0n) is 15.5. The molecule has 8 nitrogen and oxygen atoms in total. The Labute approximate surface area is 167 Å². The number of imidazole rings is 1. The molecular formula is C20H18N4O4S. The Morgan fingerprint density at radius 1 is 1.17 bits per heavy atom. The average Bonchev–Trinajstić information content (AvgIpc) is 3.26. The van der Waals surface area contributed by atoms with E-state index in [0.29, 0.717) is 22.7 Å². The number of rotatable bonds is 6. The molecule has 4 aromatic rings. The van der Waals surface area contributed by atoms with Gasteiger partial charge in [-0.3, -0.25) is 4.79 Å². The molecule has 1 amide bonds. The Bertz CT molecular complexity index is 1230. The van der Waals surface area contributed by atoms with E-state index in [1.54, 1.807) is 60.1 Å². The third kappa shape index (κ3) is 4.04. The number of aryl methyl sites for hydroxylation is 1. The number of aromatic nitrogens is 3. The van der Waals surface area contributed by atoms with Gasteiger partial charge in [0.2, 0.25) is 5.91 Å². The largest absolute Gasteiger partial charge is 0.360 e. The molecule has 0 saturated heterocycles. The molecule has 148 valence electrons. The van der Waals surface area contributed by atoms with E-state index in [1.165, 1.54) is 6.07 Å². The lowest BCUT2D eigenvalue weighted by molar-refractivity contribution is -0.116. The second-order valence-corrected chi connectivity index (χ2v) is 8.69. The second kappa shape index (κ2) is 7.51. The van der Waals surface area contributed by atoms with Crippen molar-refractivity contribution >= 4 is 27.2 Å². The monoisotopic (exact) mass is 410 g/mol. The number of anilines is 1. The van der Waals surface area contributed by atoms with Gasteiger partial charge in [0, 0.05) is 18.5 Å². The summed E-state index contributed by atoms with van der Waals surface area (Å²) in [6.07, 6.45) is 3.43. The van der Waals surface area contributed by atoms with Crippen LogP contribution >= 0.6 is 0 Å². The van der Waals surface area contributed by atoms with Crippen molar-refractivity contribution in [2.45, 2.75) is 17.9 Å². The van der Waals surface area contributed by atoms with Gasteiger partial charge in [-0.2, -0.15) is 0 Å². The summed E-state index contributed by atoms with van der Waals surface area (Å²) < 4.78 is 33.2. The first-order valence-corrected chi connectivity index (χ1v) is 10.6. The zero-order valence-corrected chi connectivity index (χ0v) is 16.3. The van der Waals surface area contributed by atoms with Gasteiger partial charge in [0.15, 0.2) is 20.9 Å². The lowest BCUT2D eigenvalue weighted by Gasteiger charge is -2.16. The van der Waals surface area contributed by atoms with Gasteiger partial charge in [-0.05, 0) is 24.6 Å². The average molecular weight is 410 g/mol. The second-order valence-electron chi connectivity index (χ2n) is 6.61. The van der Waals surface area contributed by atoms with E-state index >= 15 is 0 Å². The molecule has 0 aliphatic rings. The number of hydrogen-bond donors (Lipinski definition) is 1. The van der Waals surface area contributed by atoms with E-state index < -0.39 is 21.0 Å². The molecule has 0 aliphatic carbocycles. The first-order chi connectivity index (χ1) is 13.9. The Morgan fingerprint density at radius 3 is 2.62 bits per heavy atom. The summed E-state index contributed by atoms with van der Waals surface area (Å²) in [5.41, 5.74) is 1.37. The van der Waals surface area contributed by atoms with Gasteiger partial charge < -0.3 is 14.2 Å². The van der Waals surface area contributed by atoms with Crippen molar-refractivity contribution in [2.24, 2.45) is 0 Å². The highest BCUT2D eigenvalue weighted by atomic mass is 32.2. The third-order valence-corrected chi connectivity index (χ3v) is 6.24. The number of carbonyl (C=O) groups excluding carboxylic acids is 1. The fourth-order valence-electron chi connectivity index (χ4n) is 3.11. The lowest BCUT2D eigenvalue weighted by Crippen LogP contribution is -2.29. The van der Waals surface area contributed by atoms with Crippen LogP contribution in [0.4, 0.5) is 5.82 Å². The SMILES string of the molecule is Cc1cc(NC(=O)C(c2ccccc2)S(=O)(=O)Cc2cn3ccccc3n2)no1. The van der Waals surface area contributed by atoms with E-state index in [-0.39, 0.29) is 11.6 Å². The van der Waals surface area contributed by atoms with Crippen molar-refractivity contribution in [3.05, 3.63) is 84.0 Å². The van der Waals surface area contributed by atoms with E-state index in [1.807, 2.05) is 12.1 Å². The highest BCUT2D eigenvalue weighted by Crippen LogP contribution is 2.27. The quantitative estimate of drug-likeness (QED) is 0.524. The molecule has 0 aliphatic heterocycles. The van der Waals surface area contributed by atoms with Crippen LogP contribution in [0.2, 0.25) is 0 Å². The summed E-state index contributed by atoms with van der Waals surface area (Å²) in [5, 5.41) is 4.83. The predicted molar refractivity (Wildman–Crippen MR) is 107 cm³/mol. The first kappa shape index (κ1) is 18.9. The highest BCUT2D eigenvalue weighted by Gasteiger charge is 2.35. The molecule has 0 fully saturated rings. The molecule has 0 saturated carbocycles. The maximum atomic E-state index is 13.3. The van der Waals surface area contributed by atoms with Crippen LogP contribution in [-0.2, 0) is 20.4 Å². The predicted octanol–water partition coefficient (Wildman–Crippen LogP) is 2.93. The van der Waals surface area contributed by atoms with Crippen LogP contribution in [0.25, 0.3) is 5.65 Å². The Morgan fingerprint density at radius 2 is 1.93 bits per heavy atom. The topological polar surface area (TPSA) is 107 Å². The maximum Gasteiger partial charge on any atom is 0.248 e. The molecule has 1 atom stereocenters. The van der Waals surface area contributed by atoms with Crippen molar-refractivity contribution in [2.75, 3.05) is 5.32 Å². The number of fused-ring (bicyclic) bond motifs is 1. The van der Waals surface area contributed by atoms with E-state index in [9.17, 15) is 13.2 Å². The van der Waals surface area contributed by atoms with Crippen molar-refractivity contribution < 1.29 is 17.7 Å². The first-order valence-electron chi connectivity index (χ1n) is 8.86. The van der Waals surface area contributed by atoms with Crippen LogP contribution in [0.5, 0.6) is 0 Å².